The number of carbonyl (C=O) groups is 2. The number of pyridine rings is 1. The van der Waals surface area contributed by atoms with E-state index in [1.165, 1.54) is 11.3 Å². The summed E-state index contributed by atoms with van der Waals surface area (Å²) < 4.78 is 1.11. The Hall–Kier alpha value is -3.69. The molecule has 0 spiro atoms. The molecular weight excluding hydrogens is 478 g/mol. The van der Waals surface area contributed by atoms with E-state index >= 15 is 0 Å². The van der Waals surface area contributed by atoms with Crippen LogP contribution in [-0.4, -0.2) is 41.0 Å². The number of hydrogen-bond acceptors (Lipinski definition) is 6. The smallest absolute Gasteiger partial charge is 0.331 e. The van der Waals surface area contributed by atoms with Gasteiger partial charge in [0.1, 0.15) is 14.7 Å². The number of amides is 3. The standard InChI is InChI=1S/C26H23N5O2S2/c1-3-15(2)30-12-6-8-17(14-30)28-24(32)23-22-21-18(10-11-27-25(21)35-23)31(26(33)29-22)20-13-16-7-4-5-9-19(16)34-20/h3-5,7,9-11,13,17H,1-2,6,8,12,14H2,(H,28,32)(H,29,33)/t17-/m1/s1. The minimum absolute atomic E-state index is 0.00729. The Bertz CT molecular complexity index is 1490. The molecule has 35 heavy (non-hydrogen) atoms. The van der Waals surface area contributed by atoms with Crippen molar-refractivity contribution in [2.24, 2.45) is 0 Å². The van der Waals surface area contributed by atoms with Crippen molar-refractivity contribution in [2.45, 2.75) is 18.9 Å². The van der Waals surface area contributed by atoms with Crippen molar-refractivity contribution < 1.29 is 9.59 Å². The van der Waals surface area contributed by atoms with E-state index in [2.05, 4.69) is 33.7 Å². The van der Waals surface area contributed by atoms with Gasteiger partial charge in [0.25, 0.3) is 5.91 Å². The molecule has 0 radical (unpaired) electrons. The highest BCUT2D eigenvalue weighted by molar-refractivity contribution is 7.23. The summed E-state index contributed by atoms with van der Waals surface area (Å²) in [4.78, 5) is 36.2. The third-order valence-electron chi connectivity index (χ3n) is 6.48. The molecule has 5 heterocycles. The number of benzene rings is 1. The third-order valence-corrected chi connectivity index (χ3v) is 8.68. The fourth-order valence-electron chi connectivity index (χ4n) is 4.78. The normalized spacial score (nSPS) is 17.5. The molecule has 4 aromatic rings. The number of allylic oxidation sites excluding steroid dienone is 1. The summed E-state index contributed by atoms with van der Waals surface area (Å²) in [6.45, 7) is 9.43. The first kappa shape index (κ1) is 21.8. The summed E-state index contributed by atoms with van der Waals surface area (Å²) >= 11 is 2.86. The highest BCUT2D eigenvalue weighted by Gasteiger charge is 2.34. The second-order valence-electron chi connectivity index (χ2n) is 8.66. The monoisotopic (exact) mass is 501 g/mol. The molecule has 6 rings (SSSR count). The van der Waals surface area contributed by atoms with E-state index in [1.807, 2.05) is 36.4 Å². The molecule has 3 aromatic heterocycles. The minimum atomic E-state index is -0.282. The third kappa shape index (κ3) is 3.67. The maximum atomic E-state index is 13.4. The van der Waals surface area contributed by atoms with E-state index in [4.69, 9.17) is 0 Å². The van der Waals surface area contributed by atoms with Gasteiger partial charge in [0.15, 0.2) is 0 Å². The first-order valence-electron chi connectivity index (χ1n) is 11.4. The Morgan fingerprint density at radius 2 is 2.11 bits per heavy atom. The van der Waals surface area contributed by atoms with Gasteiger partial charge in [0, 0.05) is 35.7 Å². The highest BCUT2D eigenvalue weighted by Crippen LogP contribution is 2.47. The molecule has 1 aromatic carbocycles. The summed E-state index contributed by atoms with van der Waals surface area (Å²) in [7, 11) is 0. The molecule has 0 aliphatic carbocycles. The molecule has 7 nitrogen and oxygen atoms in total. The lowest BCUT2D eigenvalue weighted by molar-refractivity contribution is 0.0920. The van der Waals surface area contributed by atoms with Crippen molar-refractivity contribution in [3.8, 4) is 0 Å². The lowest BCUT2D eigenvalue weighted by Gasteiger charge is -2.35. The quantitative estimate of drug-likeness (QED) is 0.325. The van der Waals surface area contributed by atoms with Crippen LogP contribution in [0.1, 0.15) is 22.5 Å². The van der Waals surface area contributed by atoms with Gasteiger partial charge in [-0.1, -0.05) is 31.4 Å². The number of fused-ring (bicyclic) bond motifs is 1. The average Bonchev–Trinajstić information content (AvgIpc) is 3.46. The molecule has 0 unspecified atom stereocenters. The Balaban J connectivity index is 1.34. The second kappa shape index (κ2) is 8.51. The van der Waals surface area contributed by atoms with Crippen LogP contribution in [-0.2, 0) is 0 Å². The number of aromatic nitrogens is 1. The lowest BCUT2D eigenvalue weighted by atomic mass is 10.0. The fraction of sp³-hybridized carbons (Fsp3) is 0.192. The van der Waals surface area contributed by atoms with Gasteiger partial charge in [-0.25, -0.2) is 9.78 Å². The topological polar surface area (TPSA) is 77.6 Å². The van der Waals surface area contributed by atoms with Crippen LogP contribution in [0.4, 0.5) is 21.2 Å². The van der Waals surface area contributed by atoms with E-state index in [9.17, 15) is 9.59 Å². The van der Waals surface area contributed by atoms with Crippen molar-refractivity contribution in [3.63, 3.8) is 0 Å². The summed E-state index contributed by atoms with van der Waals surface area (Å²) in [5, 5.41) is 8.85. The van der Waals surface area contributed by atoms with Crippen molar-refractivity contribution >= 4 is 71.3 Å². The molecule has 9 heteroatoms. The molecule has 1 fully saturated rings. The summed E-state index contributed by atoms with van der Waals surface area (Å²) in [5.74, 6) is -0.194. The summed E-state index contributed by atoms with van der Waals surface area (Å²) in [6.07, 6.45) is 5.29. The van der Waals surface area contributed by atoms with Crippen LogP contribution in [0.15, 0.2) is 67.5 Å². The van der Waals surface area contributed by atoms with Gasteiger partial charge in [0.05, 0.1) is 16.8 Å². The number of anilines is 3. The van der Waals surface area contributed by atoms with Crippen LogP contribution in [0, 0.1) is 0 Å². The highest BCUT2D eigenvalue weighted by atomic mass is 32.1. The molecule has 0 bridgehead atoms. The van der Waals surface area contributed by atoms with E-state index < -0.39 is 0 Å². The van der Waals surface area contributed by atoms with Crippen LogP contribution >= 0.6 is 22.7 Å². The first-order valence-corrected chi connectivity index (χ1v) is 13.0. The number of thiophene rings is 2. The van der Waals surface area contributed by atoms with Gasteiger partial charge in [-0.15, -0.1) is 22.7 Å². The Morgan fingerprint density at radius 1 is 1.26 bits per heavy atom. The van der Waals surface area contributed by atoms with Crippen LogP contribution in [0.25, 0.3) is 20.3 Å². The predicted octanol–water partition coefficient (Wildman–Crippen LogP) is 6.09. The van der Waals surface area contributed by atoms with Crippen molar-refractivity contribution in [1.82, 2.24) is 15.2 Å². The Kier molecular flexibility index (Phi) is 5.31. The number of carbonyl (C=O) groups excluding carboxylic acids is 2. The Morgan fingerprint density at radius 3 is 2.94 bits per heavy atom. The van der Waals surface area contributed by atoms with Crippen LogP contribution in [0.2, 0.25) is 0 Å². The maximum absolute atomic E-state index is 13.4. The van der Waals surface area contributed by atoms with E-state index in [1.54, 1.807) is 28.5 Å². The number of rotatable bonds is 5. The van der Waals surface area contributed by atoms with Gasteiger partial charge in [-0.3, -0.25) is 9.69 Å². The zero-order valence-corrected chi connectivity index (χ0v) is 20.5. The number of hydrogen-bond donors (Lipinski definition) is 2. The number of likely N-dealkylation sites (tertiary alicyclic amines) is 1. The average molecular weight is 502 g/mol. The van der Waals surface area contributed by atoms with Crippen molar-refractivity contribution in [3.05, 3.63) is 72.4 Å². The minimum Gasteiger partial charge on any atom is -0.370 e. The fourth-order valence-corrected chi connectivity index (χ4v) is 6.87. The number of nitrogens with zero attached hydrogens (tertiary/aromatic N) is 3. The molecule has 2 aliphatic rings. The lowest BCUT2D eigenvalue weighted by Crippen LogP contribution is -2.47. The zero-order valence-electron chi connectivity index (χ0n) is 18.9. The molecule has 176 valence electrons. The van der Waals surface area contributed by atoms with Crippen molar-refractivity contribution in [1.29, 1.82) is 0 Å². The maximum Gasteiger partial charge on any atom is 0.331 e. The van der Waals surface area contributed by atoms with Gasteiger partial charge >= 0.3 is 6.03 Å². The molecular formula is C26H23N5O2S2. The van der Waals surface area contributed by atoms with E-state index in [0.717, 1.165) is 56.1 Å². The van der Waals surface area contributed by atoms with Crippen LogP contribution < -0.4 is 15.5 Å². The molecule has 1 saturated heterocycles. The molecule has 0 saturated carbocycles. The van der Waals surface area contributed by atoms with Crippen molar-refractivity contribution in [2.75, 3.05) is 23.3 Å². The number of urea groups is 1. The first-order chi connectivity index (χ1) is 17.0. The van der Waals surface area contributed by atoms with E-state index in [-0.39, 0.29) is 18.0 Å². The van der Waals surface area contributed by atoms with Crippen LogP contribution in [0.3, 0.4) is 0 Å². The van der Waals surface area contributed by atoms with Gasteiger partial charge in [-0.2, -0.15) is 0 Å². The van der Waals surface area contributed by atoms with Crippen LogP contribution in [0.5, 0.6) is 0 Å². The zero-order chi connectivity index (χ0) is 24.1. The molecule has 2 aliphatic heterocycles. The molecule has 3 amide bonds. The van der Waals surface area contributed by atoms with Gasteiger partial charge < -0.3 is 15.5 Å². The van der Waals surface area contributed by atoms with E-state index in [0.29, 0.717) is 17.1 Å². The number of nitrogens with one attached hydrogen (secondary N) is 2. The van der Waals surface area contributed by atoms with Gasteiger partial charge in [0.2, 0.25) is 0 Å². The summed E-state index contributed by atoms with van der Waals surface area (Å²) in [6, 6.07) is 11.6. The number of piperidine rings is 1. The Labute approximate surface area is 210 Å². The predicted molar refractivity (Wildman–Crippen MR) is 144 cm³/mol. The second-order valence-corrected chi connectivity index (χ2v) is 10.7. The summed E-state index contributed by atoms with van der Waals surface area (Å²) in [5.41, 5.74) is 2.14. The SMILES string of the molecule is C=CC(=C)N1CCC[C@@H](NC(=O)c2sc3nccc4c3c2NC(=O)N4c2cc3ccccc3s2)C1. The molecule has 1 atom stereocenters. The molecule has 2 N–H and O–H groups in total. The van der Waals surface area contributed by atoms with Gasteiger partial charge in [-0.05, 0) is 42.5 Å². The largest absolute Gasteiger partial charge is 0.370 e.